The minimum atomic E-state index is -4.36. The van der Waals surface area contributed by atoms with Gasteiger partial charge in [0.25, 0.3) is 5.09 Å². The first-order chi connectivity index (χ1) is 7.29. The standard InChI is InChI=1S/C7H7F3N2.HNO3/c8-7(9,10)5-3-1-2-4-6(5)12-11;2-1(3)4/h1-4,12H,11H2;(H,2,3,4). The zero-order chi connectivity index (χ0) is 12.8. The summed E-state index contributed by atoms with van der Waals surface area (Å²) in [5.41, 5.74) is 1.10. The number of nitrogen functional groups attached to an aromatic ring is 1. The van der Waals surface area contributed by atoms with Gasteiger partial charge in [-0.3, -0.25) is 5.84 Å². The van der Waals surface area contributed by atoms with Crippen LogP contribution in [0.3, 0.4) is 0 Å². The molecular formula is C7H8F3N3O3. The molecule has 0 aliphatic carbocycles. The molecular weight excluding hydrogens is 231 g/mol. The van der Waals surface area contributed by atoms with Crippen molar-refractivity contribution in [3.05, 3.63) is 39.9 Å². The third-order valence-electron chi connectivity index (χ3n) is 1.39. The van der Waals surface area contributed by atoms with Gasteiger partial charge < -0.3 is 10.6 Å². The van der Waals surface area contributed by atoms with Gasteiger partial charge in [-0.2, -0.15) is 13.2 Å². The van der Waals surface area contributed by atoms with Gasteiger partial charge in [0.15, 0.2) is 0 Å². The highest BCUT2D eigenvalue weighted by molar-refractivity contribution is 5.51. The fourth-order valence-electron chi connectivity index (χ4n) is 0.856. The zero-order valence-electron chi connectivity index (χ0n) is 7.73. The molecule has 0 aliphatic rings. The third-order valence-corrected chi connectivity index (χ3v) is 1.39. The second kappa shape index (κ2) is 5.75. The first-order valence-corrected chi connectivity index (χ1v) is 3.75. The highest BCUT2D eigenvalue weighted by Crippen LogP contribution is 2.33. The monoisotopic (exact) mass is 239 g/mol. The van der Waals surface area contributed by atoms with Gasteiger partial charge in [-0.25, -0.2) is 0 Å². The number of para-hydroxylation sites is 1. The molecule has 6 nitrogen and oxygen atoms in total. The lowest BCUT2D eigenvalue weighted by Gasteiger charge is -2.10. The molecule has 0 heterocycles. The molecule has 1 aromatic rings. The van der Waals surface area contributed by atoms with Gasteiger partial charge >= 0.3 is 6.18 Å². The minimum absolute atomic E-state index is 0.120. The van der Waals surface area contributed by atoms with E-state index in [9.17, 15) is 13.2 Å². The molecule has 90 valence electrons. The summed E-state index contributed by atoms with van der Waals surface area (Å²) in [6.07, 6.45) is -4.36. The number of nitrogens with two attached hydrogens (primary N) is 1. The average molecular weight is 239 g/mol. The first kappa shape index (κ1) is 14.0. The summed E-state index contributed by atoms with van der Waals surface area (Å²) in [5, 5.41) is 13.6. The SMILES string of the molecule is NNc1ccccc1C(F)(F)F.O=[N+]([O-])O. The lowest BCUT2D eigenvalue weighted by molar-refractivity contribution is -0.742. The Morgan fingerprint density at radius 3 is 2.12 bits per heavy atom. The van der Waals surface area contributed by atoms with E-state index < -0.39 is 16.8 Å². The molecule has 0 saturated carbocycles. The molecule has 0 fully saturated rings. The van der Waals surface area contributed by atoms with E-state index in [1.165, 1.54) is 18.2 Å². The summed E-state index contributed by atoms with van der Waals surface area (Å²) in [6, 6.07) is 5.02. The Kier molecular flexibility index (Phi) is 5.02. The number of benzene rings is 1. The lowest BCUT2D eigenvalue weighted by atomic mass is 10.2. The van der Waals surface area contributed by atoms with E-state index in [0.29, 0.717) is 0 Å². The first-order valence-electron chi connectivity index (χ1n) is 3.75. The van der Waals surface area contributed by atoms with Crippen LogP contribution >= 0.6 is 0 Å². The number of nitrogens with one attached hydrogen (secondary N) is 1. The maximum Gasteiger partial charge on any atom is 0.418 e. The van der Waals surface area contributed by atoms with E-state index in [1.807, 2.05) is 5.43 Å². The fourth-order valence-corrected chi connectivity index (χ4v) is 0.856. The molecule has 0 aliphatic heterocycles. The van der Waals surface area contributed by atoms with Crippen LogP contribution in [0.15, 0.2) is 24.3 Å². The van der Waals surface area contributed by atoms with Gasteiger partial charge in [0, 0.05) is 0 Å². The van der Waals surface area contributed by atoms with Crippen LogP contribution in [0.1, 0.15) is 5.56 Å². The van der Waals surface area contributed by atoms with Crippen molar-refractivity contribution in [3.63, 3.8) is 0 Å². The van der Waals surface area contributed by atoms with Gasteiger partial charge in [-0.05, 0) is 12.1 Å². The Balaban J connectivity index is 0.000000487. The smallest absolute Gasteiger partial charge is 0.328 e. The maximum absolute atomic E-state index is 12.1. The molecule has 0 atom stereocenters. The maximum atomic E-state index is 12.1. The minimum Gasteiger partial charge on any atom is -0.328 e. The predicted octanol–water partition coefficient (Wildman–Crippen LogP) is 1.64. The van der Waals surface area contributed by atoms with Crippen LogP contribution in [0, 0.1) is 10.1 Å². The Morgan fingerprint density at radius 1 is 1.38 bits per heavy atom. The van der Waals surface area contributed by atoms with Crippen LogP contribution in [0.25, 0.3) is 0 Å². The molecule has 0 amide bonds. The lowest BCUT2D eigenvalue weighted by Crippen LogP contribution is -2.14. The second-order valence-electron chi connectivity index (χ2n) is 2.43. The molecule has 4 N–H and O–H groups in total. The van der Waals surface area contributed by atoms with Gasteiger partial charge in [-0.1, -0.05) is 12.1 Å². The van der Waals surface area contributed by atoms with Crippen molar-refractivity contribution < 1.29 is 23.5 Å². The number of hydrazine groups is 1. The number of alkyl halides is 3. The number of halogens is 3. The summed E-state index contributed by atoms with van der Waals surface area (Å²) < 4.78 is 36.4. The number of hydrogen-bond acceptors (Lipinski definition) is 4. The predicted molar refractivity (Wildman–Crippen MR) is 48.0 cm³/mol. The van der Waals surface area contributed by atoms with E-state index in [2.05, 4.69) is 0 Å². The Hall–Kier alpha value is -2.03. The van der Waals surface area contributed by atoms with Crippen molar-refractivity contribution in [1.82, 2.24) is 0 Å². The van der Waals surface area contributed by atoms with Crippen LogP contribution in [0.2, 0.25) is 0 Å². The van der Waals surface area contributed by atoms with E-state index in [1.54, 1.807) is 0 Å². The quantitative estimate of drug-likeness (QED) is 0.393. The molecule has 0 aromatic heterocycles. The summed E-state index contributed by atoms with van der Waals surface area (Å²) in [4.78, 5) is 8.36. The second-order valence-corrected chi connectivity index (χ2v) is 2.43. The molecule has 9 heteroatoms. The van der Waals surface area contributed by atoms with Crippen molar-refractivity contribution >= 4 is 5.69 Å². The molecule has 0 spiro atoms. The normalized spacial score (nSPS) is 10.0. The van der Waals surface area contributed by atoms with Crippen LogP contribution in [-0.2, 0) is 6.18 Å². The molecule has 1 aromatic carbocycles. The Labute approximate surface area is 87.6 Å². The molecule has 0 unspecified atom stereocenters. The molecule has 0 saturated heterocycles. The summed E-state index contributed by atoms with van der Waals surface area (Å²) >= 11 is 0. The highest BCUT2D eigenvalue weighted by atomic mass is 19.4. The summed E-state index contributed by atoms with van der Waals surface area (Å²) in [7, 11) is 0. The summed E-state index contributed by atoms with van der Waals surface area (Å²) in [5.74, 6) is 4.90. The number of nitrogens with zero attached hydrogens (tertiary/aromatic N) is 1. The van der Waals surface area contributed by atoms with E-state index in [0.717, 1.165) is 6.07 Å². The Bertz CT molecular complexity index is 352. The van der Waals surface area contributed by atoms with Crippen LogP contribution in [0.5, 0.6) is 0 Å². The fraction of sp³-hybridized carbons (Fsp3) is 0.143. The van der Waals surface area contributed by atoms with Crippen molar-refractivity contribution in [2.45, 2.75) is 6.18 Å². The average Bonchev–Trinajstić information content (AvgIpc) is 2.15. The zero-order valence-corrected chi connectivity index (χ0v) is 7.73. The molecule has 0 bridgehead atoms. The highest BCUT2D eigenvalue weighted by Gasteiger charge is 2.32. The summed E-state index contributed by atoms with van der Waals surface area (Å²) in [6.45, 7) is 0. The van der Waals surface area contributed by atoms with E-state index in [4.69, 9.17) is 21.2 Å². The largest absolute Gasteiger partial charge is 0.418 e. The van der Waals surface area contributed by atoms with Crippen molar-refractivity contribution in [2.24, 2.45) is 5.84 Å². The van der Waals surface area contributed by atoms with Crippen LogP contribution in [-0.4, -0.2) is 10.3 Å². The van der Waals surface area contributed by atoms with Gasteiger partial charge in [0.2, 0.25) is 0 Å². The van der Waals surface area contributed by atoms with Crippen molar-refractivity contribution in [3.8, 4) is 0 Å². The van der Waals surface area contributed by atoms with Gasteiger partial charge in [-0.15, -0.1) is 10.1 Å². The molecule has 1 rings (SSSR count). The topological polar surface area (TPSA) is 101 Å². The van der Waals surface area contributed by atoms with Crippen LogP contribution in [0.4, 0.5) is 18.9 Å². The van der Waals surface area contributed by atoms with Gasteiger partial charge in [0.1, 0.15) is 0 Å². The number of hydrogen-bond donors (Lipinski definition) is 3. The van der Waals surface area contributed by atoms with E-state index in [-0.39, 0.29) is 5.69 Å². The molecule has 0 radical (unpaired) electrons. The van der Waals surface area contributed by atoms with Gasteiger partial charge in [0.05, 0.1) is 11.3 Å². The van der Waals surface area contributed by atoms with Crippen molar-refractivity contribution in [2.75, 3.05) is 5.43 Å². The molecule has 16 heavy (non-hydrogen) atoms. The number of anilines is 1. The van der Waals surface area contributed by atoms with E-state index >= 15 is 0 Å². The third kappa shape index (κ3) is 5.00. The number of rotatable bonds is 1. The van der Waals surface area contributed by atoms with Crippen LogP contribution < -0.4 is 11.3 Å². The van der Waals surface area contributed by atoms with Crippen molar-refractivity contribution in [1.29, 1.82) is 0 Å². The Morgan fingerprint density at radius 2 is 1.81 bits per heavy atom.